The van der Waals surface area contributed by atoms with Crippen LogP contribution in [-0.2, 0) is 9.05 Å². The van der Waals surface area contributed by atoms with Gasteiger partial charge in [0.2, 0.25) is 0 Å². The number of hydrogen-bond acceptors (Lipinski definition) is 3. The molecule has 0 aromatic heterocycles. The monoisotopic (exact) mass is 370 g/mol. The molecule has 0 aliphatic heterocycles. The normalized spacial score (nSPS) is 14.8. The maximum Gasteiger partial charge on any atom is 1.00 e. The van der Waals surface area contributed by atoms with Crippen LogP contribution in [0.2, 0.25) is 0 Å². The van der Waals surface area contributed by atoms with Crippen molar-refractivity contribution in [2.45, 2.75) is 105 Å². The van der Waals surface area contributed by atoms with Crippen LogP contribution in [-0.4, -0.2) is 18.1 Å². The van der Waals surface area contributed by atoms with E-state index in [4.69, 9.17) is 9.05 Å². The molecule has 0 radical (unpaired) electrons. The average Bonchev–Trinajstić information content (AvgIpc) is 2.60. The van der Waals surface area contributed by atoms with Gasteiger partial charge in [0.05, 0.1) is 13.2 Å². The van der Waals surface area contributed by atoms with Crippen molar-refractivity contribution in [3.63, 3.8) is 0 Å². The van der Waals surface area contributed by atoms with Crippen molar-refractivity contribution in [2.24, 2.45) is 11.8 Å². The molecular weight excluding hydrogens is 326 g/mol. The van der Waals surface area contributed by atoms with Crippen LogP contribution >= 0.6 is 8.60 Å². The van der Waals surface area contributed by atoms with Crippen molar-refractivity contribution < 1.29 is 34.2 Å². The molecule has 2 atom stereocenters. The molecule has 0 aliphatic carbocycles. The van der Waals surface area contributed by atoms with Crippen LogP contribution in [0.3, 0.4) is 0 Å². The Hall–Kier alpha value is 0.907. The van der Waals surface area contributed by atoms with Crippen molar-refractivity contribution in [1.82, 2.24) is 0 Å². The van der Waals surface area contributed by atoms with Crippen LogP contribution in [0.1, 0.15) is 106 Å². The van der Waals surface area contributed by atoms with E-state index in [0.29, 0.717) is 25.0 Å². The summed E-state index contributed by atoms with van der Waals surface area (Å²) < 4.78 is 11.2. The second-order valence-corrected chi connectivity index (χ2v) is 8.07. The molecule has 0 saturated heterocycles. The zero-order valence-electron chi connectivity index (χ0n) is 18.8. The fourth-order valence-electron chi connectivity index (χ4n) is 2.91. The topological polar surface area (TPSA) is 38.7 Å². The van der Waals surface area contributed by atoms with E-state index in [1.165, 1.54) is 64.2 Å². The number of unbranched alkanes of at least 4 members (excludes halogenated alkanes) is 6. The molecule has 0 aromatic rings. The molecule has 0 aliphatic rings. The molecule has 2 unspecified atom stereocenters. The molecule has 0 fully saturated rings. The molecule has 0 aromatic carbocycles. The van der Waals surface area contributed by atoms with Crippen LogP contribution in [0.5, 0.6) is 0 Å². The van der Waals surface area contributed by atoms with Crippen LogP contribution in [0, 0.1) is 11.8 Å². The fourth-order valence-corrected chi connectivity index (χ4v) is 3.66. The van der Waals surface area contributed by atoms with Gasteiger partial charge >= 0.3 is 27.5 Å². The SMILES string of the molecule is CCCCCCC(CC)COP(O)OCC(CC)CCCCCC.[H-].[Li+]. The Morgan fingerprint density at radius 1 is 0.720 bits per heavy atom. The minimum Gasteiger partial charge on any atom is -1.00 e. The van der Waals surface area contributed by atoms with E-state index >= 15 is 0 Å². The van der Waals surface area contributed by atoms with Crippen molar-refractivity contribution in [2.75, 3.05) is 13.2 Å². The predicted molar refractivity (Wildman–Crippen MR) is 107 cm³/mol. The number of hydrogen-bond donors (Lipinski definition) is 1. The molecular formula is C20H44LiO3P. The second-order valence-electron chi connectivity index (χ2n) is 7.08. The minimum atomic E-state index is -1.70. The minimum absolute atomic E-state index is 0. The van der Waals surface area contributed by atoms with E-state index in [9.17, 15) is 4.89 Å². The molecule has 1 N–H and O–H groups in total. The standard InChI is InChI=1S/C20H43O3P.Li.H/c1-5-9-11-13-15-19(7-3)17-22-24(21)23-18-20(8-4)16-14-12-10-6-2;;/h19-21H,5-18H2,1-4H3;;/q;+1;-1. The maximum atomic E-state index is 9.98. The van der Waals surface area contributed by atoms with Crippen molar-refractivity contribution in [1.29, 1.82) is 0 Å². The molecule has 0 heterocycles. The fraction of sp³-hybridized carbons (Fsp3) is 1.00. The zero-order chi connectivity index (χ0) is 18.0. The molecule has 5 heteroatoms. The van der Waals surface area contributed by atoms with Gasteiger partial charge in [-0.15, -0.1) is 0 Å². The van der Waals surface area contributed by atoms with E-state index in [0.717, 1.165) is 12.8 Å². The molecule has 0 bridgehead atoms. The molecule has 3 nitrogen and oxygen atoms in total. The first-order chi connectivity index (χ1) is 11.7. The second kappa shape index (κ2) is 21.2. The predicted octanol–water partition coefficient (Wildman–Crippen LogP) is 4.35. The summed E-state index contributed by atoms with van der Waals surface area (Å²) in [6.07, 6.45) is 15.0. The van der Waals surface area contributed by atoms with E-state index in [2.05, 4.69) is 27.7 Å². The summed E-state index contributed by atoms with van der Waals surface area (Å²) >= 11 is 0. The molecule has 0 amide bonds. The third-order valence-electron chi connectivity index (χ3n) is 4.93. The summed E-state index contributed by atoms with van der Waals surface area (Å²) in [5.41, 5.74) is 0. The van der Waals surface area contributed by atoms with E-state index < -0.39 is 8.60 Å². The molecule has 0 saturated carbocycles. The molecule has 148 valence electrons. The average molecular weight is 370 g/mol. The zero-order valence-corrected chi connectivity index (χ0v) is 18.7. The van der Waals surface area contributed by atoms with Gasteiger partial charge in [0, 0.05) is 0 Å². The Labute approximate surface area is 172 Å². The first kappa shape index (κ1) is 28.1. The summed E-state index contributed by atoms with van der Waals surface area (Å²) in [6, 6.07) is 0. The molecule has 0 rings (SSSR count). The van der Waals surface area contributed by atoms with Crippen LogP contribution in [0.15, 0.2) is 0 Å². The number of rotatable bonds is 18. The molecule has 25 heavy (non-hydrogen) atoms. The molecule has 0 spiro atoms. The Balaban J connectivity index is -0.00000264. The van der Waals surface area contributed by atoms with Gasteiger partial charge in [-0.2, -0.15) is 0 Å². The van der Waals surface area contributed by atoms with Gasteiger partial charge in [0.15, 0.2) is 0 Å². The van der Waals surface area contributed by atoms with Gasteiger partial charge in [-0.05, 0) is 24.7 Å². The smallest absolute Gasteiger partial charge is 1.00 e. The summed E-state index contributed by atoms with van der Waals surface area (Å²) in [7, 11) is -1.70. The van der Waals surface area contributed by atoms with Crippen molar-refractivity contribution >= 4 is 8.60 Å². The van der Waals surface area contributed by atoms with Crippen molar-refractivity contribution in [3.05, 3.63) is 0 Å². The van der Waals surface area contributed by atoms with Crippen molar-refractivity contribution in [3.8, 4) is 0 Å². The van der Waals surface area contributed by atoms with E-state index in [1.54, 1.807) is 0 Å². The maximum absolute atomic E-state index is 9.98. The third-order valence-corrected chi connectivity index (χ3v) is 5.67. The van der Waals surface area contributed by atoms with Gasteiger partial charge in [-0.25, -0.2) is 0 Å². The van der Waals surface area contributed by atoms with Gasteiger partial charge in [-0.3, -0.25) is 0 Å². The van der Waals surface area contributed by atoms with E-state index in [1.807, 2.05) is 0 Å². The summed E-state index contributed by atoms with van der Waals surface area (Å²) in [5.74, 6) is 1.11. The summed E-state index contributed by atoms with van der Waals surface area (Å²) in [5, 5.41) is 0. The largest absolute Gasteiger partial charge is 1.00 e. The van der Waals surface area contributed by atoms with Gasteiger partial charge in [-0.1, -0.05) is 91.9 Å². The first-order valence-corrected chi connectivity index (χ1v) is 11.6. The third kappa shape index (κ3) is 18.1. The summed E-state index contributed by atoms with van der Waals surface area (Å²) in [4.78, 5) is 9.98. The van der Waals surface area contributed by atoms with Crippen LogP contribution in [0.4, 0.5) is 0 Å². The Kier molecular flexibility index (Phi) is 23.9. The summed E-state index contributed by atoms with van der Waals surface area (Å²) in [6.45, 7) is 10.2. The first-order valence-electron chi connectivity index (χ1n) is 10.4. The van der Waals surface area contributed by atoms with Gasteiger partial charge in [0.25, 0.3) is 0 Å². The Bertz CT molecular complexity index is 239. The Morgan fingerprint density at radius 2 is 1.12 bits per heavy atom. The van der Waals surface area contributed by atoms with Crippen LogP contribution < -0.4 is 18.9 Å². The quantitative estimate of drug-likeness (QED) is 0.221. The van der Waals surface area contributed by atoms with Gasteiger partial charge < -0.3 is 15.4 Å². The van der Waals surface area contributed by atoms with Gasteiger partial charge in [0.1, 0.15) is 0 Å². The van der Waals surface area contributed by atoms with E-state index in [-0.39, 0.29) is 20.3 Å². The van der Waals surface area contributed by atoms with Crippen LogP contribution in [0.25, 0.3) is 0 Å². The Morgan fingerprint density at radius 3 is 1.44 bits per heavy atom.